The van der Waals surface area contributed by atoms with Crippen LogP contribution in [0.25, 0.3) is 10.9 Å². The summed E-state index contributed by atoms with van der Waals surface area (Å²) >= 11 is 0. The lowest BCUT2D eigenvalue weighted by Crippen LogP contribution is -2.35. The molecular formula is C22H19F3N4O3. The van der Waals surface area contributed by atoms with Crippen LogP contribution in [0.4, 0.5) is 19.0 Å². The third-order valence-electron chi connectivity index (χ3n) is 5.97. The molecule has 2 aliphatic heterocycles. The fraction of sp³-hybridized carbons (Fsp3) is 0.318. The van der Waals surface area contributed by atoms with E-state index in [2.05, 4.69) is 9.97 Å². The first kappa shape index (κ1) is 20.5. The molecule has 2 N–H and O–H groups in total. The van der Waals surface area contributed by atoms with Crippen molar-refractivity contribution in [3.63, 3.8) is 0 Å². The molecule has 0 spiro atoms. The number of anilines is 1. The van der Waals surface area contributed by atoms with E-state index in [9.17, 15) is 18.0 Å². The average molecular weight is 444 g/mol. The van der Waals surface area contributed by atoms with Gasteiger partial charge in [-0.05, 0) is 23.8 Å². The Bertz CT molecular complexity index is 1250. The summed E-state index contributed by atoms with van der Waals surface area (Å²) in [6.45, 7) is 0.949. The van der Waals surface area contributed by atoms with Crippen molar-refractivity contribution in [2.75, 3.05) is 19.4 Å². The van der Waals surface area contributed by atoms with Crippen LogP contribution in [0.5, 0.6) is 5.75 Å². The molecule has 2 aromatic heterocycles. The van der Waals surface area contributed by atoms with E-state index in [1.807, 2.05) is 0 Å². The van der Waals surface area contributed by atoms with Gasteiger partial charge in [-0.25, -0.2) is 9.97 Å². The number of nitrogens with zero attached hydrogens (tertiary/aromatic N) is 3. The molecule has 0 saturated heterocycles. The van der Waals surface area contributed by atoms with E-state index < -0.39 is 17.8 Å². The van der Waals surface area contributed by atoms with Gasteiger partial charge in [-0.1, -0.05) is 6.07 Å². The molecular weight excluding hydrogens is 425 g/mol. The van der Waals surface area contributed by atoms with Crippen molar-refractivity contribution in [1.29, 1.82) is 0 Å². The Labute approximate surface area is 181 Å². The van der Waals surface area contributed by atoms with Crippen LogP contribution in [-0.4, -0.2) is 34.4 Å². The molecule has 3 aromatic rings. The molecule has 1 aromatic carbocycles. The molecule has 1 atom stereocenters. The Balaban J connectivity index is 1.48. The summed E-state index contributed by atoms with van der Waals surface area (Å²) in [5.74, 6) is 0.172. The van der Waals surface area contributed by atoms with Gasteiger partial charge in [0.25, 0.3) is 5.91 Å². The average Bonchev–Trinajstić information content (AvgIpc) is 3.28. The molecule has 166 valence electrons. The number of hydrogen-bond donors (Lipinski definition) is 1. The number of nitrogens with two attached hydrogens (primary N) is 1. The van der Waals surface area contributed by atoms with Gasteiger partial charge in [0.2, 0.25) is 0 Å². The number of amides is 1. The highest BCUT2D eigenvalue weighted by Gasteiger charge is 2.35. The largest absolute Gasteiger partial charge is 0.493 e. The zero-order chi connectivity index (χ0) is 22.6. The van der Waals surface area contributed by atoms with Crippen LogP contribution in [0.3, 0.4) is 0 Å². The molecule has 5 rings (SSSR count). The Morgan fingerprint density at radius 2 is 2.00 bits per heavy atom. The lowest BCUT2D eigenvalue weighted by atomic mass is 9.97. The van der Waals surface area contributed by atoms with Crippen molar-refractivity contribution < 1.29 is 27.4 Å². The van der Waals surface area contributed by atoms with Gasteiger partial charge in [0.1, 0.15) is 17.3 Å². The fourth-order valence-electron chi connectivity index (χ4n) is 4.26. The molecule has 4 heterocycles. The van der Waals surface area contributed by atoms with Crippen LogP contribution in [0, 0.1) is 0 Å². The lowest BCUT2D eigenvalue weighted by molar-refractivity contribution is -0.137. The highest BCUT2D eigenvalue weighted by atomic mass is 19.4. The van der Waals surface area contributed by atoms with E-state index in [1.165, 1.54) is 17.2 Å². The highest BCUT2D eigenvalue weighted by molar-refractivity contribution is 5.97. The second kappa shape index (κ2) is 7.33. The number of carbonyl (C=O) groups is 1. The highest BCUT2D eigenvalue weighted by Crippen LogP contribution is 2.40. The molecule has 2 aliphatic rings. The second-order valence-corrected chi connectivity index (χ2v) is 7.85. The maximum atomic E-state index is 13.3. The summed E-state index contributed by atoms with van der Waals surface area (Å²) in [6, 6.07) is 4.59. The van der Waals surface area contributed by atoms with E-state index in [0.717, 1.165) is 28.6 Å². The predicted octanol–water partition coefficient (Wildman–Crippen LogP) is 3.86. The number of halogens is 3. The molecule has 0 unspecified atom stereocenters. The summed E-state index contributed by atoms with van der Waals surface area (Å²) in [6.07, 6.45) is -2.52. The minimum Gasteiger partial charge on any atom is -0.493 e. The zero-order valence-electron chi connectivity index (χ0n) is 17.1. The SMILES string of the molecule is CN(C(=O)c1cc2c3c(c(N)nc2cn1)COC3)[C@H]1CCOc2cc(C(F)(F)F)ccc21. The molecule has 32 heavy (non-hydrogen) atoms. The number of hydrogen-bond acceptors (Lipinski definition) is 6. The first-order valence-electron chi connectivity index (χ1n) is 10.00. The summed E-state index contributed by atoms with van der Waals surface area (Å²) in [5, 5.41) is 0.751. The molecule has 0 fully saturated rings. The predicted molar refractivity (Wildman–Crippen MR) is 109 cm³/mol. The van der Waals surface area contributed by atoms with Crippen molar-refractivity contribution in [1.82, 2.24) is 14.9 Å². The standard InChI is InChI=1S/C22H19F3N4O3/c1-29(18-4-5-32-19-6-11(22(23,24)25)2-3-12(18)19)21(30)16-7-13-14-9-31-10-15(14)20(26)28-17(13)8-27-16/h2-3,6-8,18H,4-5,9-10H2,1H3,(H2,26,28)/t18-/m0/s1. The first-order valence-corrected chi connectivity index (χ1v) is 10.00. The number of carbonyl (C=O) groups excluding carboxylic acids is 1. The van der Waals surface area contributed by atoms with Crippen LogP contribution < -0.4 is 10.5 Å². The number of nitrogen functional groups attached to an aromatic ring is 1. The quantitative estimate of drug-likeness (QED) is 0.646. The van der Waals surface area contributed by atoms with Crippen molar-refractivity contribution in [3.05, 3.63) is 58.4 Å². The first-order chi connectivity index (χ1) is 15.2. The van der Waals surface area contributed by atoms with Gasteiger partial charge in [0, 0.05) is 30.0 Å². The molecule has 0 radical (unpaired) electrons. The number of ether oxygens (including phenoxy) is 2. The Hall–Kier alpha value is -3.40. The minimum atomic E-state index is -4.47. The van der Waals surface area contributed by atoms with Crippen LogP contribution in [0.15, 0.2) is 30.5 Å². The van der Waals surface area contributed by atoms with Crippen LogP contribution in [0.2, 0.25) is 0 Å². The summed E-state index contributed by atoms with van der Waals surface area (Å²) in [5.41, 5.74) is 8.22. The van der Waals surface area contributed by atoms with Crippen molar-refractivity contribution in [2.45, 2.75) is 31.9 Å². The van der Waals surface area contributed by atoms with Gasteiger partial charge in [-0.2, -0.15) is 13.2 Å². The third-order valence-corrected chi connectivity index (χ3v) is 5.97. The topological polar surface area (TPSA) is 90.6 Å². The smallest absolute Gasteiger partial charge is 0.416 e. The van der Waals surface area contributed by atoms with E-state index in [1.54, 1.807) is 13.1 Å². The van der Waals surface area contributed by atoms with Crippen molar-refractivity contribution in [2.24, 2.45) is 0 Å². The maximum Gasteiger partial charge on any atom is 0.416 e. The Morgan fingerprint density at radius 1 is 1.22 bits per heavy atom. The maximum absolute atomic E-state index is 13.3. The zero-order valence-corrected chi connectivity index (χ0v) is 17.1. The van der Waals surface area contributed by atoms with Crippen molar-refractivity contribution >= 4 is 22.6 Å². The molecule has 10 heteroatoms. The van der Waals surface area contributed by atoms with E-state index in [4.69, 9.17) is 15.2 Å². The van der Waals surface area contributed by atoms with Crippen LogP contribution in [-0.2, 0) is 24.1 Å². The number of alkyl halides is 3. The van der Waals surface area contributed by atoms with E-state index in [-0.39, 0.29) is 24.0 Å². The van der Waals surface area contributed by atoms with Crippen molar-refractivity contribution in [3.8, 4) is 5.75 Å². The number of fused-ring (bicyclic) bond motifs is 4. The van der Waals surface area contributed by atoms with E-state index in [0.29, 0.717) is 36.5 Å². The van der Waals surface area contributed by atoms with Crippen LogP contribution >= 0.6 is 0 Å². The van der Waals surface area contributed by atoms with Gasteiger partial charge in [-0.3, -0.25) is 4.79 Å². The summed E-state index contributed by atoms with van der Waals surface area (Å²) in [7, 11) is 1.61. The molecule has 1 amide bonds. The summed E-state index contributed by atoms with van der Waals surface area (Å²) in [4.78, 5) is 23.4. The number of aromatic nitrogens is 2. The number of benzene rings is 1. The van der Waals surface area contributed by atoms with Crippen LogP contribution in [0.1, 0.15) is 45.2 Å². The number of pyridine rings is 2. The normalized spacial score (nSPS) is 17.6. The van der Waals surface area contributed by atoms with Gasteiger partial charge in [0.05, 0.1) is 43.1 Å². The molecule has 0 aliphatic carbocycles. The Morgan fingerprint density at radius 3 is 2.78 bits per heavy atom. The molecule has 0 bridgehead atoms. The van der Waals surface area contributed by atoms with E-state index >= 15 is 0 Å². The van der Waals surface area contributed by atoms with Gasteiger partial charge in [0.15, 0.2) is 0 Å². The third kappa shape index (κ3) is 3.31. The van der Waals surface area contributed by atoms with Gasteiger partial charge < -0.3 is 20.1 Å². The Kier molecular flexibility index (Phi) is 4.70. The molecule has 7 nitrogen and oxygen atoms in total. The minimum absolute atomic E-state index is 0.136. The monoisotopic (exact) mass is 444 g/mol. The molecule has 0 saturated carbocycles. The number of rotatable bonds is 2. The van der Waals surface area contributed by atoms with Gasteiger partial charge >= 0.3 is 6.18 Å². The lowest BCUT2D eigenvalue weighted by Gasteiger charge is -2.33. The second-order valence-electron chi connectivity index (χ2n) is 7.85. The van der Waals surface area contributed by atoms with Gasteiger partial charge in [-0.15, -0.1) is 0 Å². The fourth-order valence-corrected chi connectivity index (χ4v) is 4.26. The summed E-state index contributed by atoms with van der Waals surface area (Å²) < 4.78 is 50.1.